The molecule has 1 saturated heterocycles. The van der Waals surface area contributed by atoms with Crippen LogP contribution in [-0.4, -0.2) is 30.3 Å². The number of carbonyl (C=O) groups is 1. The largest absolute Gasteiger partial charge is 0.298 e. The summed E-state index contributed by atoms with van der Waals surface area (Å²) in [6, 6.07) is 0. The minimum atomic E-state index is 0.246. The van der Waals surface area contributed by atoms with Crippen molar-refractivity contribution in [3.63, 3.8) is 0 Å². The predicted octanol–water partition coefficient (Wildman–Crippen LogP) is 1.94. The number of rotatable bonds is 4. The molecule has 13 heavy (non-hydrogen) atoms. The summed E-state index contributed by atoms with van der Waals surface area (Å²) in [6.45, 7) is 9.27. The number of nitrogens with zero attached hydrogens (tertiary/aromatic N) is 1. The van der Waals surface area contributed by atoms with Gasteiger partial charge in [0.1, 0.15) is 5.78 Å². The van der Waals surface area contributed by atoms with Gasteiger partial charge in [-0.05, 0) is 25.3 Å². The van der Waals surface area contributed by atoms with E-state index in [9.17, 15) is 4.79 Å². The smallest absolute Gasteiger partial charge is 0.149 e. The normalized spacial score (nSPS) is 26.2. The highest BCUT2D eigenvalue weighted by molar-refractivity contribution is 5.82. The molecule has 0 aliphatic carbocycles. The third-order valence-corrected chi connectivity index (χ3v) is 3.05. The summed E-state index contributed by atoms with van der Waals surface area (Å²) in [4.78, 5) is 13.9. The molecule has 2 unspecified atom stereocenters. The SMILES string of the molecule is CCC(C)C(=O)CN1CCC(C)C1. The van der Waals surface area contributed by atoms with Crippen molar-refractivity contribution in [1.82, 2.24) is 4.90 Å². The predicted molar refractivity (Wildman–Crippen MR) is 54.7 cm³/mol. The van der Waals surface area contributed by atoms with Gasteiger partial charge in [0.25, 0.3) is 0 Å². The maximum Gasteiger partial charge on any atom is 0.149 e. The number of hydrogen-bond acceptors (Lipinski definition) is 2. The fraction of sp³-hybridized carbons (Fsp3) is 0.909. The van der Waals surface area contributed by atoms with E-state index in [1.54, 1.807) is 0 Å². The van der Waals surface area contributed by atoms with Gasteiger partial charge < -0.3 is 0 Å². The lowest BCUT2D eigenvalue weighted by Gasteiger charge is -2.16. The second kappa shape index (κ2) is 4.75. The Morgan fingerprint density at radius 3 is 2.77 bits per heavy atom. The van der Waals surface area contributed by atoms with E-state index in [-0.39, 0.29) is 5.92 Å². The number of carbonyl (C=O) groups excluding carboxylic acids is 1. The van der Waals surface area contributed by atoms with Crippen LogP contribution in [0.3, 0.4) is 0 Å². The second-order valence-corrected chi connectivity index (χ2v) is 4.40. The highest BCUT2D eigenvalue weighted by Gasteiger charge is 2.22. The van der Waals surface area contributed by atoms with E-state index in [0.29, 0.717) is 12.3 Å². The number of hydrogen-bond donors (Lipinski definition) is 0. The molecule has 2 nitrogen and oxygen atoms in total. The molecule has 1 heterocycles. The molecule has 2 heteroatoms. The van der Waals surface area contributed by atoms with Crippen molar-refractivity contribution in [1.29, 1.82) is 0 Å². The van der Waals surface area contributed by atoms with E-state index < -0.39 is 0 Å². The van der Waals surface area contributed by atoms with Crippen molar-refractivity contribution >= 4 is 5.78 Å². The Bertz CT molecular complexity index is 179. The molecule has 2 atom stereocenters. The molecule has 1 fully saturated rings. The molecular weight excluding hydrogens is 162 g/mol. The highest BCUT2D eigenvalue weighted by Crippen LogP contribution is 2.15. The Kier molecular flexibility index (Phi) is 3.91. The first-order chi connectivity index (χ1) is 6.13. The standard InChI is InChI=1S/C11H21NO/c1-4-10(3)11(13)8-12-6-5-9(2)7-12/h9-10H,4-8H2,1-3H3. The van der Waals surface area contributed by atoms with Crippen molar-refractivity contribution in [3.05, 3.63) is 0 Å². The van der Waals surface area contributed by atoms with Crippen LogP contribution in [-0.2, 0) is 4.79 Å². The number of ketones is 1. The Morgan fingerprint density at radius 2 is 2.31 bits per heavy atom. The van der Waals surface area contributed by atoms with Gasteiger partial charge in [-0.15, -0.1) is 0 Å². The summed E-state index contributed by atoms with van der Waals surface area (Å²) < 4.78 is 0. The fourth-order valence-electron chi connectivity index (χ4n) is 1.77. The van der Waals surface area contributed by atoms with Crippen LogP contribution in [0.5, 0.6) is 0 Å². The molecule has 0 amide bonds. The zero-order chi connectivity index (χ0) is 9.84. The Balaban J connectivity index is 2.28. The molecule has 0 saturated carbocycles. The van der Waals surface area contributed by atoms with Crippen LogP contribution in [0.1, 0.15) is 33.6 Å². The topological polar surface area (TPSA) is 20.3 Å². The van der Waals surface area contributed by atoms with Crippen molar-refractivity contribution in [2.75, 3.05) is 19.6 Å². The van der Waals surface area contributed by atoms with Crippen LogP contribution in [0.25, 0.3) is 0 Å². The number of likely N-dealkylation sites (tertiary alicyclic amines) is 1. The lowest BCUT2D eigenvalue weighted by atomic mass is 10.0. The molecule has 0 radical (unpaired) electrons. The Labute approximate surface area is 81.3 Å². The van der Waals surface area contributed by atoms with E-state index in [0.717, 1.165) is 25.4 Å². The third kappa shape index (κ3) is 3.11. The van der Waals surface area contributed by atoms with Gasteiger partial charge >= 0.3 is 0 Å². The summed E-state index contributed by atoms with van der Waals surface area (Å²) in [5.74, 6) is 1.44. The molecule has 0 spiro atoms. The van der Waals surface area contributed by atoms with Crippen molar-refractivity contribution < 1.29 is 4.79 Å². The molecule has 76 valence electrons. The van der Waals surface area contributed by atoms with Crippen molar-refractivity contribution in [2.24, 2.45) is 11.8 Å². The summed E-state index contributed by atoms with van der Waals surface area (Å²) >= 11 is 0. The first-order valence-corrected chi connectivity index (χ1v) is 5.38. The average Bonchev–Trinajstić information content (AvgIpc) is 2.49. The quantitative estimate of drug-likeness (QED) is 0.664. The van der Waals surface area contributed by atoms with Crippen LogP contribution >= 0.6 is 0 Å². The Hall–Kier alpha value is -0.370. The zero-order valence-corrected chi connectivity index (χ0v) is 9.05. The molecular formula is C11H21NO. The van der Waals surface area contributed by atoms with Gasteiger partial charge in [-0.3, -0.25) is 9.69 Å². The van der Waals surface area contributed by atoms with Gasteiger partial charge in [0.05, 0.1) is 6.54 Å². The van der Waals surface area contributed by atoms with E-state index in [4.69, 9.17) is 0 Å². The van der Waals surface area contributed by atoms with Gasteiger partial charge in [-0.1, -0.05) is 20.8 Å². The molecule has 1 aliphatic rings. The van der Waals surface area contributed by atoms with Crippen LogP contribution in [0.4, 0.5) is 0 Å². The Morgan fingerprint density at radius 1 is 1.62 bits per heavy atom. The minimum absolute atomic E-state index is 0.246. The molecule has 1 aliphatic heterocycles. The summed E-state index contributed by atoms with van der Waals surface area (Å²) in [7, 11) is 0. The summed E-state index contributed by atoms with van der Waals surface area (Å²) in [6.07, 6.45) is 2.23. The van der Waals surface area contributed by atoms with Crippen LogP contribution < -0.4 is 0 Å². The minimum Gasteiger partial charge on any atom is -0.298 e. The van der Waals surface area contributed by atoms with E-state index in [1.807, 2.05) is 6.92 Å². The maximum absolute atomic E-state index is 11.6. The lowest BCUT2D eigenvalue weighted by molar-refractivity contribution is -0.123. The van der Waals surface area contributed by atoms with E-state index in [1.165, 1.54) is 6.42 Å². The van der Waals surface area contributed by atoms with Gasteiger partial charge in [-0.25, -0.2) is 0 Å². The summed E-state index contributed by atoms with van der Waals surface area (Å²) in [5, 5.41) is 0. The van der Waals surface area contributed by atoms with Crippen LogP contribution in [0.2, 0.25) is 0 Å². The first kappa shape index (κ1) is 10.7. The summed E-state index contributed by atoms with van der Waals surface area (Å²) in [5.41, 5.74) is 0. The number of Topliss-reactive ketones (excluding diaryl/α,β-unsaturated/α-hetero) is 1. The highest BCUT2D eigenvalue weighted by atomic mass is 16.1. The molecule has 0 aromatic heterocycles. The third-order valence-electron chi connectivity index (χ3n) is 3.05. The van der Waals surface area contributed by atoms with Crippen LogP contribution in [0.15, 0.2) is 0 Å². The molecule has 0 aromatic carbocycles. The monoisotopic (exact) mass is 183 g/mol. The van der Waals surface area contributed by atoms with Crippen LogP contribution in [0, 0.1) is 11.8 Å². The average molecular weight is 183 g/mol. The molecule has 0 bridgehead atoms. The second-order valence-electron chi connectivity index (χ2n) is 4.40. The van der Waals surface area contributed by atoms with Crippen molar-refractivity contribution in [2.45, 2.75) is 33.6 Å². The van der Waals surface area contributed by atoms with E-state index in [2.05, 4.69) is 18.7 Å². The van der Waals surface area contributed by atoms with Gasteiger partial charge in [0.15, 0.2) is 0 Å². The fourth-order valence-corrected chi connectivity index (χ4v) is 1.77. The van der Waals surface area contributed by atoms with Gasteiger partial charge in [0.2, 0.25) is 0 Å². The molecule has 0 aromatic rings. The molecule has 1 rings (SSSR count). The zero-order valence-electron chi connectivity index (χ0n) is 9.05. The lowest BCUT2D eigenvalue weighted by Crippen LogP contribution is -2.30. The van der Waals surface area contributed by atoms with Gasteiger partial charge in [0, 0.05) is 12.5 Å². The maximum atomic E-state index is 11.6. The van der Waals surface area contributed by atoms with Gasteiger partial charge in [-0.2, -0.15) is 0 Å². The first-order valence-electron chi connectivity index (χ1n) is 5.38. The van der Waals surface area contributed by atoms with Crippen molar-refractivity contribution in [3.8, 4) is 0 Å². The van der Waals surface area contributed by atoms with E-state index >= 15 is 0 Å². The molecule has 0 N–H and O–H groups in total.